The van der Waals surface area contributed by atoms with E-state index >= 15 is 0 Å². The molecule has 0 aliphatic heterocycles. The molecule has 3 nitrogen and oxygen atoms in total. The van der Waals surface area contributed by atoms with Crippen LogP contribution in [0, 0.1) is 0 Å². The van der Waals surface area contributed by atoms with Crippen molar-refractivity contribution in [3.05, 3.63) is 56.0 Å². The number of nitrogen functional groups attached to an aromatic ring is 1. The van der Waals surface area contributed by atoms with E-state index in [1.54, 1.807) is 18.2 Å². The van der Waals surface area contributed by atoms with E-state index in [0.717, 1.165) is 0 Å². The number of hydrogen-bond acceptors (Lipinski definition) is 2. The van der Waals surface area contributed by atoms with Crippen molar-refractivity contribution >= 4 is 63.7 Å². The van der Waals surface area contributed by atoms with E-state index in [2.05, 4.69) is 5.32 Å². The standard InChI is InChI=1S/C14H10Cl4N2O/c15-9-2-1-3-10(16)8(9)6-13(21)20-7-4-11(17)14(19)12(18)5-7/h1-5H,6,19H2,(H,20,21). The Labute approximate surface area is 141 Å². The van der Waals surface area contributed by atoms with Crippen molar-refractivity contribution in [1.29, 1.82) is 0 Å². The Balaban J connectivity index is 2.16. The zero-order chi connectivity index (χ0) is 15.6. The van der Waals surface area contributed by atoms with Crippen LogP contribution in [-0.2, 0) is 11.2 Å². The van der Waals surface area contributed by atoms with Gasteiger partial charge < -0.3 is 11.1 Å². The van der Waals surface area contributed by atoms with E-state index in [1.807, 2.05) is 0 Å². The third-order valence-electron chi connectivity index (χ3n) is 2.76. The van der Waals surface area contributed by atoms with Crippen molar-refractivity contribution in [2.75, 3.05) is 11.1 Å². The first kappa shape index (κ1) is 16.2. The van der Waals surface area contributed by atoms with Crippen LogP contribution in [0.5, 0.6) is 0 Å². The molecule has 0 aliphatic rings. The van der Waals surface area contributed by atoms with Crippen LogP contribution in [0.4, 0.5) is 11.4 Å². The van der Waals surface area contributed by atoms with Gasteiger partial charge in [0.2, 0.25) is 5.91 Å². The summed E-state index contributed by atoms with van der Waals surface area (Å²) >= 11 is 23.9. The summed E-state index contributed by atoms with van der Waals surface area (Å²) in [6.07, 6.45) is 0.0398. The van der Waals surface area contributed by atoms with Crippen LogP contribution in [0.15, 0.2) is 30.3 Å². The summed E-state index contributed by atoms with van der Waals surface area (Å²) in [7, 11) is 0. The number of benzene rings is 2. The van der Waals surface area contributed by atoms with E-state index < -0.39 is 0 Å². The van der Waals surface area contributed by atoms with Gasteiger partial charge in [-0.05, 0) is 29.8 Å². The zero-order valence-electron chi connectivity index (χ0n) is 10.6. The van der Waals surface area contributed by atoms with E-state index in [-0.39, 0.29) is 28.1 Å². The Morgan fingerprint density at radius 3 is 2.05 bits per heavy atom. The lowest BCUT2D eigenvalue weighted by molar-refractivity contribution is -0.115. The molecule has 0 unspecified atom stereocenters. The fraction of sp³-hybridized carbons (Fsp3) is 0.0714. The van der Waals surface area contributed by atoms with Crippen LogP contribution >= 0.6 is 46.4 Å². The lowest BCUT2D eigenvalue weighted by Gasteiger charge is -2.10. The molecule has 3 N–H and O–H groups in total. The lowest BCUT2D eigenvalue weighted by Crippen LogP contribution is -2.15. The minimum Gasteiger partial charge on any atom is -0.396 e. The van der Waals surface area contributed by atoms with Crippen LogP contribution in [0.3, 0.4) is 0 Å². The highest BCUT2D eigenvalue weighted by Crippen LogP contribution is 2.31. The normalized spacial score (nSPS) is 10.5. The monoisotopic (exact) mass is 362 g/mol. The number of rotatable bonds is 3. The molecule has 0 saturated carbocycles. The predicted molar refractivity (Wildman–Crippen MR) is 89.7 cm³/mol. The third-order valence-corrected chi connectivity index (χ3v) is 4.10. The first-order valence-electron chi connectivity index (χ1n) is 5.85. The fourth-order valence-electron chi connectivity index (χ4n) is 1.72. The molecule has 7 heteroatoms. The van der Waals surface area contributed by atoms with Gasteiger partial charge in [0.1, 0.15) is 0 Å². The van der Waals surface area contributed by atoms with Crippen molar-refractivity contribution in [1.82, 2.24) is 0 Å². The number of carbonyl (C=O) groups excluding carboxylic acids is 1. The lowest BCUT2D eigenvalue weighted by atomic mass is 10.1. The maximum Gasteiger partial charge on any atom is 0.228 e. The summed E-state index contributed by atoms with van der Waals surface area (Å²) in [6, 6.07) is 8.11. The Hall–Kier alpha value is -1.13. The van der Waals surface area contributed by atoms with Crippen molar-refractivity contribution < 1.29 is 4.79 Å². The molecule has 0 saturated heterocycles. The van der Waals surface area contributed by atoms with Crippen molar-refractivity contribution in [2.45, 2.75) is 6.42 Å². The molecule has 1 amide bonds. The molecule has 0 atom stereocenters. The quantitative estimate of drug-likeness (QED) is 0.748. The number of halogens is 4. The van der Waals surface area contributed by atoms with E-state index in [1.165, 1.54) is 12.1 Å². The SMILES string of the molecule is Nc1c(Cl)cc(NC(=O)Cc2c(Cl)cccc2Cl)cc1Cl. The minimum atomic E-state index is -0.290. The molecule has 2 aromatic carbocycles. The van der Waals surface area contributed by atoms with Gasteiger partial charge in [-0.2, -0.15) is 0 Å². The summed E-state index contributed by atoms with van der Waals surface area (Å²) in [6.45, 7) is 0. The van der Waals surface area contributed by atoms with Gasteiger partial charge in [-0.3, -0.25) is 4.79 Å². The van der Waals surface area contributed by atoms with Gasteiger partial charge >= 0.3 is 0 Å². The Morgan fingerprint density at radius 1 is 1.00 bits per heavy atom. The summed E-state index contributed by atoms with van der Waals surface area (Å²) in [4.78, 5) is 12.0. The zero-order valence-corrected chi connectivity index (χ0v) is 13.6. The molecule has 0 radical (unpaired) electrons. The number of carbonyl (C=O) groups is 1. The van der Waals surface area contributed by atoms with Crippen LogP contribution in [-0.4, -0.2) is 5.91 Å². The second-order valence-electron chi connectivity index (χ2n) is 4.28. The van der Waals surface area contributed by atoms with Gasteiger partial charge in [-0.1, -0.05) is 52.5 Å². The summed E-state index contributed by atoms with van der Waals surface area (Å²) in [5.41, 5.74) is 6.91. The molecule has 110 valence electrons. The van der Waals surface area contributed by atoms with Crippen LogP contribution in [0.1, 0.15) is 5.56 Å². The van der Waals surface area contributed by atoms with Crippen molar-refractivity contribution in [3.8, 4) is 0 Å². The molecular formula is C14H10Cl4N2O. The minimum absolute atomic E-state index is 0.0398. The number of nitrogens with two attached hydrogens (primary N) is 1. The molecule has 0 aromatic heterocycles. The highest BCUT2D eigenvalue weighted by atomic mass is 35.5. The van der Waals surface area contributed by atoms with Crippen LogP contribution < -0.4 is 11.1 Å². The molecular weight excluding hydrogens is 354 g/mol. The Morgan fingerprint density at radius 2 is 1.52 bits per heavy atom. The van der Waals surface area contributed by atoms with Gasteiger partial charge in [-0.25, -0.2) is 0 Å². The predicted octanol–water partition coefficient (Wildman–Crippen LogP) is 5.06. The average molecular weight is 364 g/mol. The summed E-state index contributed by atoms with van der Waals surface area (Å²) in [5, 5.41) is 4.09. The van der Waals surface area contributed by atoms with Gasteiger partial charge in [0, 0.05) is 15.7 Å². The second-order valence-corrected chi connectivity index (χ2v) is 5.91. The van der Waals surface area contributed by atoms with Gasteiger partial charge in [-0.15, -0.1) is 0 Å². The number of nitrogens with one attached hydrogen (secondary N) is 1. The van der Waals surface area contributed by atoms with E-state index in [9.17, 15) is 4.79 Å². The topological polar surface area (TPSA) is 55.1 Å². The largest absolute Gasteiger partial charge is 0.396 e. The van der Waals surface area contributed by atoms with E-state index in [4.69, 9.17) is 52.1 Å². The Bertz CT molecular complexity index is 660. The molecule has 21 heavy (non-hydrogen) atoms. The van der Waals surface area contributed by atoms with Gasteiger partial charge in [0.05, 0.1) is 22.2 Å². The van der Waals surface area contributed by atoms with Crippen LogP contribution in [0.2, 0.25) is 20.1 Å². The maximum absolute atomic E-state index is 12.0. The average Bonchev–Trinajstić information content (AvgIpc) is 2.40. The highest BCUT2D eigenvalue weighted by molar-refractivity contribution is 6.39. The fourth-order valence-corrected chi connectivity index (χ4v) is 2.74. The molecule has 0 aliphatic carbocycles. The molecule has 0 spiro atoms. The van der Waals surface area contributed by atoms with E-state index in [0.29, 0.717) is 21.3 Å². The molecule has 0 fully saturated rings. The molecule has 0 heterocycles. The van der Waals surface area contributed by atoms with Crippen LogP contribution in [0.25, 0.3) is 0 Å². The third kappa shape index (κ3) is 3.95. The number of anilines is 2. The first-order valence-corrected chi connectivity index (χ1v) is 7.37. The number of hydrogen-bond donors (Lipinski definition) is 2. The molecule has 2 rings (SSSR count). The highest BCUT2D eigenvalue weighted by Gasteiger charge is 2.12. The smallest absolute Gasteiger partial charge is 0.228 e. The van der Waals surface area contributed by atoms with Crippen molar-refractivity contribution in [2.24, 2.45) is 0 Å². The molecule has 2 aromatic rings. The van der Waals surface area contributed by atoms with Gasteiger partial charge in [0.15, 0.2) is 0 Å². The maximum atomic E-state index is 12.0. The molecule has 0 bridgehead atoms. The number of amides is 1. The first-order chi connectivity index (χ1) is 9.88. The summed E-state index contributed by atoms with van der Waals surface area (Å²) < 4.78 is 0. The second kappa shape index (κ2) is 6.75. The summed E-state index contributed by atoms with van der Waals surface area (Å²) in [5.74, 6) is -0.290. The van der Waals surface area contributed by atoms with Gasteiger partial charge in [0.25, 0.3) is 0 Å². The Kier molecular flexibility index (Phi) is 5.22. The van der Waals surface area contributed by atoms with Crippen molar-refractivity contribution in [3.63, 3.8) is 0 Å².